The molecule has 23 heavy (non-hydrogen) atoms. The maximum absolute atomic E-state index is 12.7. The number of aromatic nitrogens is 2. The standard InChI is InChI=1S/C17H15F3N2S/c1-11-8-14(12(2)22(11)10-17(18,19)20)15-9-23-16(21-15)13-6-4-3-5-7-13/h3-9H,10H2,1-2H3. The normalized spacial score (nSPS) is 11.9. The van der Waals surface area contributed by atoms with Crippen LogP contribution in [0, 0.1) is 13.8 Å². The molecule has 0 aliphatic heterocycles. The molecule has 0 bridgehead atoms. The van der Waals surface area contributed by atoms with Crippen molar-refractivity contribution in [3.63, 3.8) is 0 Å². The van der Waals surface area contributed by atoms with Crippen molar-refractivity contribution in [1.29, 1.82) is 0 Å². The van der Waals surface area contributed by atoms with Crippen molar-refractivity contribution in [2.24, 2.45) is 0 Å². The zero-order chi connectivity index (χ0) is 16.6. The van der Waals surface area contributed by atoms with Gasteiger partial charge in [-0.15, -0.1) is 11.3 Å². The van der Waals surface area contributed by atoms with Crippen molar-refractivity contribution >= 4 is 11.3 Å². The molecule has 2 aromatic heterocycles. The van der Waals surface area contributed by atoms with Gasteiger partial charge in [-0.1, -0.05) is 30.3 Å². The fraction of sp³-hybridized carbons (Fsp3) is 0.235. The van der Waals surface area contributed by atoms with Gasteiger partial charge in [0.2, 0.25) is 0 Å². The fourth-order valence-corrected chi connectivity index (χ4v) is 3.42. The van der Waals surface area contributed by atoms with E-state index in [1.54, 1.807) is 19.9 Å². The molecule has 1 aromatic carbocycles. The predicted molar refractivity (Wildman–Crippen MR) is 86.5 cm³/mol. The minimum absolute atomic E-state index is 0.587. The minimum atomic E-state index is -4.23. The molecule has 0 amide bonds. The zero-order valence-electron chi connectivity index (χ0n) is 12.7. The third-order valence-electron chi connectivity index (χ3n) is 3.71. The van der Waals surface area contributed by atoms with Gasteiger partial charge in [0, 0.05) is 27.9 Å². The van der Waals surface area contributed by atoms with Crippen LogP contribution in [0.5, 0.6) is 0 Å². The molecule has 0 atom stereocenters. The smallest absolute Gasteiger partial charge is 0.339 e. The molecular weight excluding hydrogens is 321 g/mol. The first kappa shape index (κ1) is 15.8. The van der Waals surface area contributed by atoms with Crippen molar-refractivity contribution in [3.8, 4) is 21.8 Å². The number of hydrogen-bond donors (Lipinski definition) is 0. The topological polar surface area (TPSA) is 17.8 Å². The fourth-order valence-electron chi connectivity index (χ4n) is 2.59. The summed E-state index contributed by atoms with van der Waals surface area (Å²) in [5.74, 6) is 0. The maximum Gasteiger partial charge on any atom is 0.406 e. The summed E-state index contributed by atoms with van der Waals surface area (Å²) in [5, 5.41) is 2.75. The van der Waals surface area contributed by atoms with E-state index >= 15 is 0 Å². The molecule has 2 nitrogen and oxygen atoms in total. The van der Waals surface area contributed by atoms with E-state index < -0.39 is 12.7 Å². The van der Waals surface area contributed by atoms with E-state index in [2.05, 4.69) is 4.98 Å². The first-order valence-corrected chi connectivity index (χ1v) is 7.98. The van der Waals surface area contributed by atoms with Gasteiger partial charge in [0.15, 0.2) is 0 Å². The first-order valence-electron chi connectivity index (χ1n) is 7.10. The van der Waals surface area contributed by atoms with E-state index in [1.165, 1.54) is 15.9 Å². The van der Waals surface area contributed by atoms with Crippen molar-refractivity contribution in [3.05, 3.63) is 53.2 Å². The molecular formula is C17H15F3N2S. The third-order valence-corrected chi connectivity index (χ3v) is 4.60. The van der Waals surface area contributed by atoms with E-state index in [9.17, 15) is 13.2 Å². The van der Waals surface area contributed by atoms with Gasteiger partial charge in [0.1, 0.15) is 11.6 Å². The summed E-state index contributed by atoms with van der Waals surface area (Å²) < 4.78 is 39.4. The molecule has 0 spiro atoms. The van der Waals surface area contributed by atoms with Gasteiger partial charge in [-0.05, 0) is 19.9 Å². The number of rotatable bonds is 3. The summed E-state index contributed by atoms with van der Waals surface area (Å²) in [5.41, 5.74) is 3.65. The number of thiazole rings is 1. The Bertz CT molecular complexity index is 816. The molecule has 0 unspecified atom stereocenters. The molecule has 6 heteroatoms. The second kappa shape index (κ2) is 5.85. The van der Waals surface area contributed by atoms with E-state index in [4.69, 9.17) is 0 Å². The minimum Gasteiger partial charge on any atom is -0.339 e. The van der Waals surface area contributed by atoms with Gasteiger partial charge in [0.05, 0.1) is 5.69 Å². The molecule has 0 fully saturated rings. The van der Waals surface area contributed by atoms with Crippen LogP contribution in [0.25, 0.3) is 21.8 Å². The lowest BCUT2D eigenvalue weighted by Gasteiger charge is -2.12. The summed E-state index contributed by atoms with van der Waals surface area (Å²) >= 11 is 1.49. The van der Waals surface area contributed by atoms with Crippen LogP contribution in [0.3, 0.4) is 0 Å². The average molecular weight is 336 g/mol. The van der Waals surface area contributed by atoms with Gasteiger partial charge in [-0.3, -0.25) is 0 Å². The number of hydrogen-bond acceptors (Lipinski definition) is 2. The Morgan fingerprint density at radius 3 is 2.48 bits per heavy atom. The molecule has 0 saturated carbocycles. The lowest BCUT2D eigenvalue weighted by Crippen LogP contribution is -2.19. The molecule has 0 aliphatic rings. The summed E-state index contributed by atoms with van der Waals surface area (Å²) in [6.45, 7) is 2.42. The summed E-state index contributed by atoms with van der Waals surface area (Å²) in [6, 6.07) is 11.5. The first-order chi connectivity index (χ1) is 10.8. The number of benzene rings is 1. The van der Waals surface area contributed by atoms with Gasteiger partial charge in [-0.2, -0.15) is 13.2 Å². The van der Waals surface area contributed by atoms with Crippen molar-refractivity contribution in [1.82, 2.24) is 9.55 Å². The van der Waals surface area contributed by atoms with Crippen molar-refractivity contribution in [2.45, 2.75) is 26.6 Å². The molecule has 120 valence electrons. The lowest BCUT2D eigenvalue weighted by atomic mass is 10.2. The van der Waals surface area contributed by atoms with Gasteiger partial charge in [0.25, 0.3) is 0 Å². The Morgan fingerprint density at radius 2 is 1.83 bits per heavy atom. The molecule has 0 saturated heterocycles. The van der Waals surface area contributed by atoms with E-state index in [0.29, 0.717) is 11.4 Å². The van der Waals surface area contributed by atoms with Gasteiger partial charge < -0.3 is 4.57 Å². The van der Waals surface area contributed by atoms with E-state index in [1.807, 2.05) is 35.7 Å². The monoisotopic (exact) mass is 336 g/mol. The Balaban J connectivity index is 1.97. The number of nitrogens with zero attached hydrogens (tertiary/aromatic N) is 2. The Hall–Kier alpha value is -2.08. The van der Waals surface area contributed by atoms with E-state index in [-0.39, 0.29) is 0 Å². The van der Waals surface area contributed by atoms with Crippen LogP contribution in [-0.2, 0) is 6.54 Å². The second-order valence-electron chi connectivity index (χ2n) is 5.39. The van der Waals surface area contributed by atoms with Crippen LogP contribution in [0.2, 0.25) is 0 Å². The molecule has 0 radical (unpaired) electrons. The average Bonchev–Trinajstić information content (AvgIpc) is 3.07. The SMILES string of the molecule is Cc1cc(-c2csc(-c3ccccc3)n2)c(C)n1CC(F)(F)F. The molecule has 2 heterocycles. The van der Waals surface area contributed by atoms with Gasteiger partial charge >= 0.3 is 6.18 Å². The lowest BCUT2D eigenvalue weighted by molar-refractivity contribution is -0.141. The van der Waals surface area contributed by atoms with Crippen LogP contribution in [0.15, 0.2) is 41.8 Å². The summed E-state index contributed by atoms with van der Waals surface area (Å²) in [4.78, 5) is 4.59. The van der Waals surface area contributed by atoms with Crippen molar-refractivity contribution < 1.29 is 13.2 Å². The number of halogens is 3. The maximum atomic E-state index is 12.7. The predicted octanol–water partition coefficient (Wildman–Crippen LogP) is 5.46. The highest BCUT2D eigenvalue weighted by atomic mass is 32.1. The van der Waals surface area contributed by atoms with Crippen LogP contribution in [-0.4, -0.2) is 15.7 Å². The van der Waals surface area contributed by atoms with Crippen LogP contribution < -0.4 is 0 Å². The van der Waals surface area contributed by atoms with Gasteiger partial charge in [-0.25, -0.2) is 4.98 Å². The van der Waals surface area contributed by atoms with E-state index in [0.717, 1.165) is 21.8 Å². The van der Waals surface area contributed by atoms with Crippen LogP contribution >= 0.6 is 11.3 Å². The highest BCUT2D eigenvalue weighted by Gasteiger charge is 2.30. The van der Waals surface area contributed by atoms with Crippen molar-refractivity contribution in [2.75, 3.05) is 0 Å². The van der Waals surface area contributed by atoms with Crippen LogP contribution in [0.4, 0.5) is 13.2 Å². The molecule has 0 aliphatic carbocycles. The number of alkyl halides is 3. The molecule has 3 rings (SSSR count). The number of aryl methyl sites for hydroxylation is 1. The molecule has 0 N–H and O–H groups in total. The summed E-state index contributed by atoms with van der Waals surface area (Å²) in [6.07, 6.45) is -4.23. The Morgan fingerprint density at radius 1 is 1.13 bits per heavy atom. The third kappa shape index (κ3) is 3.32. The Labute approximate surface area is 136 Å². The Kier molecular flexibility index (Phi) is 4.02. The molecule has 3 aromatic rings. The summed E-state index contributed by atoms with van der Waals surface area (Å²) in [7, 11) is 0. The highest BCUT2D eigenvalue weighted by molar-refractivity contribution is 7.13. The van der Waals surface area contributed by atoms with Crippen LogP contribution in [0.1, 0.15) is 11.4 Å². The zero-order valence-corrected chi connectivity index (χ0v) is 13.5. The second-order valence-corrected chi connectivity index (χ2v) is 6.25. The highest BCUT2D eigenvalue weighted by Crippen LogP contribution is 2.33. The quantitative estimate of drug-likeness (QED) is 0.621. The largest absolute Gasteiger partial charge is 0.406 e.